The highest BCUT2D eigenvalue weighted by molar-refractivity contribution is 7.91. The molecular formula is C36H67ClN10O10S2. The van der Waals surface area contributed by atoms with E-state index in [4.69, 9.17) is 36.3 Å². The minimum atomic E-state index is -2.87. The molecule has 2 fully saturated rings. The van der Waals surface area contributed by atoms with Crippen molar-refractivity contribution in [2.45, 2.75) is 54.9 Å². The number of hydrogen-bond acceptors (Lipinski definition) is 17. The van der Waals surface area contributed by atoms with Crippen molar-refractivity contribution in [1.82, 2.24) is 45.1 Å². The van der Waals surface area contributed by atoms with Crippen LogP contribution in [-0.4, -0.2) is 183 Å². The molecule has 0 spiro atoms. The summed E-state index contributed by atoms with van der Waals surface area (Å²) in [6, 6.07) is 0. The Kier molecular flexibility index (Phi) is 29.1. The van der Waals surface area contributed by atoms with Crippen molar-refractivity contribution in [2.24, 2.45) is 5.73 Å². The van der Waals surface area contributed by atoms with Crippen LogP contribution in [0.15, 0.2) is 36.7 Å². The Morgan fingerprint density at radius 2 is 1.07 bits per heavy atom. The predicted octanol–water partition coefficient (Wildman–Crippen LogP) is 0.335. The summed E-state index contributed by atoms with van der Waals surface area (Å²) in [5, 5.41) is 18.6. The van der Waals surface area contributed by atoms with Gasteiger partial charge >= 0.3 is 0 Å². The zero-order chi connectivity index (χ0) is 42.1. The lowest BCUT2D eigenvalue weighted by molar-refractivity contribution is -0.117. The Labute approximate surface area is 355 Å². The molecule has 0 unspecified atom stereocenters. The quantitative estimate of drug-likeness (QED) is 0.0867. The largest absolute Gasteiger partial charge is 0.378 e. The summed E-state index contributed by atoms with van der Waals surface area (Å²) in [6.07, 6.45) is 3.73. The monoisotopic (exact) mass is 898 g/mol. The Hall–Kier alpha value is -3.19. The molecule has 0 atom stereocenters. The molecule has 2 saturated heterocycles. The first-order valence-corrected chi connectivity index (χ1v) is 22.5. The number of aromatic nitrogens is 6. The van der Waals surface area contributed by atoms with Gasteiger partial charge in [0.2, 0.25) is 11.1 Å². The summed E-state index contributed by atoms with van der Waals surface area (Å²) in [6.45, 7) is 19.6. The highest BCUT2D eigenvalue weighted by Crippen LogP contribution is 2.09. The second-order valence-corrected chi connectivity index (χ2v) is 18.1. The van der Waals surface area contributed by atoms with E-state index < -0.39 is 24.9 Å². The third-order valence-corrected chi connectivity index (χ3v) is 11.5. The zero-order valence-electron chi connectivity index (χ0n) is 33.1. The van der Waals surface area contributed by atoms with Crippen LogP contribution in [0, 0.1) is 0 Å². The molecule has 0 bridgehead atoms. The maximum absolute atomic E-state index is 11.4. The maximum atomic E-state index is 11.4. The van der Waals surface area contributed by atoms with Crippen molar-refractivity contribution in [3.05, 3.63) is 48.1 Å². The van der Waals surface area contributed by atoms with Crippen molar-refractivity contribution in [3.8, 4) is 0 Å². The fraction of sp³-hybridized carbons (Fsp3) is 0.722. The molecule has 3 N–H and O–H groups in total. The van der Waals surface area contributed by atoms with Gasteiger partial charge in [-0.15, -0.1) is 10.2 Å². The minimum absolute atomic E-state index is 0. The summed E-state index contributed by atoms with van der Waals surface area (Å²) in [7, 11) is -5.71. The number of halogens is 1. The van der Waals surface area contributed by atoms with Crippen molar-refractivity contribution in [3.63, 3.8) is 0 Å². The number of allylic oxidation sites excluding steroid dienone is 1. The molecule has 2 aromatic heterocycles. The maximum Gasteiger partial charge on any atom is 0.247 e. The van der Waals surface area contributed by atoms with E-state index in [-0.39, 0.29) is 43.8 Å². The van der Waals surface area contributed by atoms with Crippen LogP contribution < -0.4 is 11.1 Å². The highest BCUT2D eigenvalue weighted by Gasteiger charge is 2.23. The first-order valence-electron chi connectivity index (χ1n) is 18.5. The summed E-state index contributed by atoms with van der Waals surface area (Å²) < 4.78 is 70.6. The summed E-state index contributed by atoms with van der Waals surface area (Å²) in [4.78, 5) is 25.2. The second kappa shape index (κ2) is 30.8. The van der Waals surface area contributed by atoms with Crippen LogP contribution in [0.3, 0.4) is 0 Å². The van der Waals surface area contributed by atoms with E-state index in [1.165, 1.54) is 0 Å². The van der Waals surface area contributed by atoms with E-state index in [1.54, 1.807) is 23.2 Å². The molecular weight excluding hydrogens is 832 g/mol. The number of ether oxygens (including phenoxy) is 4. The molecule has 23 heteroatoms. The molecule has 0 saturated carbocycles. The van der Waals surface area contributed by atoms with Crippen LogP contribution >= 0.6 is 11.6 Å². The van der Waals surface area contributed by atoms with Gasteiger partial charge in [0, 0.05) is 75.9 Å². The number of amides is 1. The molecule has 2 aliphatic heterocycles. The van der Waals surface area contributed by atoms with Crippen LogP contribution in [0.4, 0.5) is 0 Å². The number of nitrogens with two attached hydrogens (primary N) is 1. The molecule has 4 rings (SSSR count). The van der Waals surface area contributed by atoms with Crippen LogP contribution in [0.2, 0.25) is 0 Å². The first-order chi connectivity index (χ1) is 27.1. The molecule has 0 radical (unpaired) electrons. The Balaban J connectivity index is 0.000000984. The molecule has 1 amide bonds. The smallest absolute Gasteiger partial charge is 0.247 e. The van der Waals surface area contributed by atoms with Crippen molar-refractivity contribution < 1.29 is 45.4 Å². The van der Waals surface area contributed by atoms with Crippen LogP contribution in [-0.2, 0) is 74.4 Å². The number of sulfone groups is 2. The molecule has 0 aliphatic carbocycles. The van der Waals surface area contributed by atoms with Crippen LogP contribution in [0.1, 0.15) is 40.1 Å². The van der Waals surface area contributed by atoms with Crippen molar-refractivity contribution in [2.75, 3.05) is 115 Å². The zero-order valence-corrected chi connectivity index (χ0v) is 35.4. The molecule has 4 heterocycles. The number of rotatable bonds is 23. The summed E-state index contributed by atoms with van der Waals surface area (Å²) in [5.41, 5.74) is 7.83. The fourth-order valence-electron chi connectivity index (χ4n) is 4.75. The van der Waals surface area contributed by atoms with Crippen molar-refractivity contribution in [1.29, 1.82) is 0 Å². The van der Waals surface area contributed by atoms with Crippen LogP contribution in [0.25, 0.3) is 0 Å². The minimum Gasteiger partial charge on any atom is -0.378 e. The normalized spacial score (nSPS) is 15.9. The topological polar surface area (TPSA) is 245 Å². The van der Waals surface area contributed by atoms with E-state index in [0.717, 1.165) is 11.4 Å². The van der Waals surface area contributed by atoms with E-state index in [1.807, 2.05) is 12.4 Å². The lowest BCUT2D eigenvalue weighted by Crippen LogP contribution is -2.39. The number of carbonyl (C=O) groups is 2. The van der Waals surface area contributed by atoms with Gasteiger partial charge in [-0.1, -0.05) is 38.4 Å². The third kappa shape index (κ3) is 26.6. The number of hydrogen-bond donors (Lipinski definition) is 2. The van der Waals surface area contributed by atoms with E-state index >= 15 is 0 Å². The van der Waals surface area contributed by atoms with Crippen molar-refractivity contribution >= 4 is 42.4 Å². The summed E-state index contributed by atoms with van der Waals surface area (Å²) in [5.74, 6) is 0.689. The van der Waals surface area contributed by atoms with Gasteiger partial charge in [0.1, 0.15) is 0 Å². The van der Waals surface area contributed by atoms with Gasteiger partial charge in [-0.3, -0.25) is 19.4 Å². The van der Waals surface area contributed by atoms with E-state index in [9.17, 15) is 26.4 Å². The average Bonchev–Trinajstić information content (AvgIpc) is 3.81. The van der Waals surface area contributed by atoms with Crippen LogP contribution in [0.5, 0.6) is 0 Å². The third-order valence-electron chi connectivity index (χ3n) is 8.01. The highest BCUT2D eigenvalue weighted by atomic mass is 35.5. The van der Waals surface area contributed by atoms with Gasteiger partial charge in [0.05, 0.1) is 100 Å². The van der Waals surface area contributed by atoms with E-state index in [0.29, 0.717) is 129 Å². The fourth-order valence-corrected chi connectivity index (χ4v) is 7.30. The molecule has 59 heavy (non-hydrogen) atoms. The van der Waals surface area contributed by atoms with E-state index in [2.05, 4.69) is 48.9 Å². The Bertz CT molecular complexity index is 1700. The van der Waals surface area contributed by atoms with Gasteiger partial charge in [0.25, 0.3) is 0 Å². The van der Waals surface area contributed by atoms with Gasteiger partial charge < -0.3 is 30.0 Å². The molecule has 2 aliphatic rings. The lowest BCUT2D eigenvalue weighted by Gasteiger charge is -2.25. The molecule has 2 aromatic rings. The number of nitrogens with one attached hydrogen (secondary N) is 1. The number of nitrogens with zero attached hydrogens (tertiary/aromatic N) is 8. The van der Waals surface area contributed by atoms with Gasteiger partial charge in [-0.05, 0) is 25.4 Å². The molecule has 0 aromatic carbocycles. The Morgan fingerprint density at radius 3 is 1.42 bits per heavy atom. The van der Waals surface area contributed by atoms with Gasteiger partial charge in [-0.25, -0.2) is 26.2 Å². The second-order valence-electron chi connectivity index (χ2n) is 13.1. The Morgan fingerprint density at radius 1 is 0.695 bits per heavy atom. The average molecular weight is 900 g/mol. The lowest BCUT2D eigenvalue weighted by atomic mass is 10.3. The van der Waals surface area contributed by atoms with Gasteiger partial charge in [0.15, 0.2) is 19.7 Å². The van der Waals surface area contributed by atoms with Gasteiger partial charge in [-0.2, -0.15) is 0 Å². The standard InChI is InChI=1S/C17H29N5O5S.C13H25N5O4S.C4H5ClO.2CH4/c1-15(2)17(23)18-3-7-26-9-10-27-8-4-22-14-16(19-20-22)13-21-5-11-28(24,25)12-6-21;14-1-5-21-7-8-22-6-2-18-12-13(15-16-18)11-17-3-9-23(19,20)10-4-17;1-3(2)4(5)6;;/h14H,1,3-13H2,2H3,(H,18,23);12H,1-11,14H2;1H2,2H3;2*1H4. The molecule has 340 valence electrons. The number of carbonyl (C=O) groups excluding carboxylic acids is 2. The summed E-state index contributed by atoms with van der Waals surface area (Å²) >= 11 is 4.87. The predicted molar refractivity (Wildman–Crippen MR) is 227 cm³/mol. The SMILES string of the molecule is C.C.C=C(C)C(=O)Cl.C=C(C)C(=O)NCCOCCOCCn1cc(CN2CCS(=O)(=O)CC2)nn1.NCCOCCOCCn1cc(CN2CCS(=O)(=O)CC2)nn1. The first kappa shape index (κ1) is 55.8. The molecule has 20 nitrogen and oxygen atoms in total.